The lowest BCUT2D eigenvalue weighted by Crippen LogP contribution is -2.46. The first-order valence-corrected chi connectivity index (χ1v) is 13.5. The van der Waals surface area contributed by atoms with Gasteiger partial charge in [0.15, 0.2) is 0 Å². The number of rotatable bonds is 8. The number of halogens is 1. The summed E-state index contributed by atoms with van der Waals surface area (Å²) in [7, 11) is -4.13. The van der Waals surface area contributed by atoms with Crippen molar-refractivity contribution in [3.63, 3.8) is 0 Å². The van der Waals surface area contributed by atoms with Gasteiger partial charge in [-0.25, -0.2) is 13.2 Å². The van der Waals surface area contributed by atoms with Gasteiger partial charge in [0.1, 0.15) is 15.9 Å². The molecule has 1 saturated carbocycles. The number of nitrogens with one attached hydrogen (secondary N) is 1. The summed E-state index contributed by atoms with van der Waals surface area (Å²) in [6.45, 7) is 0.520. The summed E-state index contributed by atoms with van der Waals surface area (Å²) in [6, 6.07) is 19.5. The average Bonchev–Trinajstić information content (AvgIpc) is 3.15. The Balaban J connectivity index is 1.30. The average molecular weight is 533 g/mol. The van der Waals surface area contributed by atoms with Crippen molar-refractivity contribution in [2.45, 2.75) is 28.8 Å². The van der Waals surface area contributed by atoms with Gasteiger partial charge in [-0.3, -0.25) is 4.79 Å². The molecule has 2 aromatic carbocycles. The number of hydrogen-bond acceptors (Lipinski definition) is 6. The minimum absolute atomic E-state index is 0.00264. The van der Waals surface area contributed by atoms with Gasteiger partial charge < -0.3 is 14.7 Å². The Kier molecular flexibility index (Phi) is 6.08. The van der Waals surface area contributed by atoms with Crippen LogP contribution in [0.25, 0.3) is 10.4 Å². The molecule has 0 unspecified atom stereocenters. The Morgan fingerprint density at radius 1 is 1.14 bits per heavy atom. The van der Waals surface area contributed by atoms with Gasteiger partial charge in [0.05, 0.1) is 6.54 Å². The SMILES string of the molecule is O=C1O[C@H]([C@H]2C[C@@]2(NS(=O)(=O)c2ccc(-c3ccc(Cl)cc3)s2)C(=O)O)CN1Cc1ccccc1. The smallest absolute Gasteiger partial charge is 0.410 e. The number of amides is 1. The van der Waals surface area contributed by atoms with E-state index in [0.717, 1.165) is 22.5 Å². The van der Waals surface area contributed by atoms with Crippen molar-refractivity contribution in [2.75, 3.05) is 6.54 Å². The number of carbonyl (C=O) groups excluding carboxylic acids is 1. The third-order valence-electron chi connectivity index (χ3n) is 6.26. The van der Waals surface area contributed by atoms with E-state index in [1.807, 2.05) is 30.3 Å². The Labute approximate surface area is 211 Å². The zero-order valence-corrected chi connectivity index (χ0v) is 20.6. The number of aliphatic carboxylic acids is 1. The maximum atomic E-state index is 13.1. The Morgan fingerprint density at radius 2 is 1.86 bits per heavy atom. The summed E-state index contributed by atoms with van der Waals surface area (Å²) in [5.74, 6) is -1.96. The maximum absolute atomic E-state index is 13.1. The normalized spacial score (nSPS) is 23.8. The van der Waals surface area contributed by atoms with E-state index in [1.165, 1.54) is 11.0 Å². The second kappa shape index (κ2) is 8.94. The van der Waals surface area contributed by atoms with Gasteiger partial charge >= 0.3 is 12.1 Å². The van der Waals surface area contributed by atoms with Gasteiger partial charge in [0, 0.05) is 22.4 Å². The minimum atomic E-state index is -4.13. The predicted octanol–water partition coefficient (Wildman–Crippen LogP) is 4.21. The number of carboxylic acid groups (broad SMARTS) is 1. The van der Waals surface area contributed by atoms with Crippen LogP contribution in [0.3, 0.4) is 0 Å². The molecule has 2 aliphatic rings. The highest BCUT2D eigenvalue weighted by atomic mass is 35.5. The number of cyclic esters (lactones) is 1. The van der Waals surface area contributed by atoms with Gasteiger partial charge in [-0.05, 0) is 41.8 Å². The number of sulfonamides is 1. The molecule has 0 radical (unpaired) electrons. The summed E-state index contributed by atoms with van der Waals surface area (Å²) in [5.41, 5.74) is -0.00787. The molecule has 182 valence electrons. The molecule has 1 aromatic heterocycles. The van der Waals surface area contributed by atoms with Crippen molar-refractivity contribution in [1.82, 2.24) is 9.62 Å². The molecule has 8 nitrogen and oxygen atoms in total. The van der Waals surface area contributed by atoms with Crippen LogP contribution < -0.4 is 4.72 Å². The number of benzene rings is 2. The molecule has 0 bridgehead atoms. The fourth-order valence-corrected chi connectivity index (χ4v) is 7.19. The van der Waals surface area contributed by atoms with Gasteiger partial charge in [0.2, 0.25) is 0 Å². The van der Waals surface area contributed by atoms with E-state index in [-0.39, 0.29) is 17.2 Å². The van der Waals surface area contributed by atoms with Crippen LogP contribution in [0.5, 0.6) is 0 Å². The third-order valence-corrected chi connectivity index (χ3v) is 9.65. The number of ether oxygens (including phenoxy) is 1. The zero-order chi connectivity index (χ0) is 24.8. The van der Waals surface area contributed by atoms with Crippen LogP contribution in [-0.2, 0) is 26.1 Å². The van der Waals surface area contributed by atoms with Crippen LogP contribution >= 0.6 is 22.9 Å². The van der Waals surface area contributed by atoms with Crippen molar-refractivity contribution in [3.8, 4) is 10.4 Å². The van der Waals surface area contributed by atoms with Gasteiger partial charge in [0.25, 0.3) is 10.0 Å². The topological polar surface area (TPSA) is 113 Å². The molecule has 2 N–H and O–H groups in total. The van der Waals surface area contributed by atoms with E-state index in [9.17, 15) is 23.1 Å². The van der Waals surface area contributed by atoms with Crippen LogP contribution in [0.2, 0.25) is 5.02 Å². The second-order valence-corrected chi connectivity index (χ2v) is 12.0. The van der Waals surface area contributed by atoms with Gasteiger partial charge in [-0.2, -0.15) is 4.72 Å². The van der Waals surface area contributed by atoms with Crippen LogP contribution in [0.4, 0.5) is 4.79 Å². The maximum Gasteiger partial charge on any atom is 0.410 e. The number of nitrogens with zero attached hydrogens (tertiary/aromatic N) is 1. The molecule has 1 amide bonds. The van der Waals surface area contributed by atoms with Crippen molar-refractivity contribution >= 4 is 45.0 Å². The molecule has 1 aliphatic heterocycles. The standard InChI is InChI=1S/C24H21ClN2O6S2/c25-17-8-6-16(7-9-17)20-10-11-21(34-20)35(31,32)26-24(22(28)29)12-18(24)19-14-27(23(30)33-19)13-15-4-2-1-3-5-15/h1-11,18-19,26H,12-14H2,(H,28,29)/t18-,19+,24+/m1/s1. The van der Waals surface area contributed by atoms with Crippen molar-refractivity contribution < 1.29 is 27.9 Å². The van der Waals surface area contributed by atoms with Crippen LogP contribution in [0.15, 0.2) is 70.9 Å². The third kappa shape index (κ3) is 4.66. The fraction of sp³-hybridized carbons (Fsp3) is 0.250. The number of thiophene rings is 1. The number of hydrogen-bond donors (Lipinski definition) is 2. The highest BCUT2D eigenvalue weighted by Gasteiger charge is 2.67. The summed E-state index contributed by atoms with van der Waals surface area (Å²) in [6.07, 6.45) is -1.23. The molecule has 0 spiro atoms. The highest BCUT2D eigenvalue weighted by molar-refractivity contribution is 7.91. The Morgan fingerprint density at radius 3 is 2.54 bits per heavy atom. The first-order chi connectivity index (χ1) is 16.7. The highest BCUT2D eigenvalue weighted by Crippen LogP contribution is 2.50. The van der Waals surface area contributed by atoms with Crippen LogP contribution in [0.1, 0.15) is 12.0 Å². The summed E-state index contributed by atoms with van der Waals surface area (Å²) >= 11 is 6.95. The first-order valence-electron chi connectivity index (χ1n) is 10.8. The zero-order valence-electron chi connectivity index (χ0n) is 18.3. The van der Waals surface area contributed by atoms with E-state index >= 15 is 0 Å². The lowest BCUT2D eigenvalue weighted by atomic mass is 10.1. The Hall–Kier alpha value is -2.92. The molecule has 3 atom stereocenters. The number of carboxylic acids is 1. The lowest BCUT2D eigenvalue weighted by molar-refractivity contribution is -0.141. The van der Waals surface area contributed by atoms with Gasteiger partial charge in [-0.15, -0.1) is 11.3 Å². The molecule has 2 heterocycles. The molecule has 11 heteroatoms. The molecule has 1 saturated heterocycles. The molecular formula is C24H21ClN2O6S2. The summed E-state index contributed by atoms with van der Waals surface area (Å²) in [5, 5.41) is 10.5. The van der Waals surface area contributed by atoms with E-state index in [4.69, 9.17) is 16.3 Å². The molecule has 35 heavy (non-hydrogen) atoms. The van der Waals surface area contributed by atoms with Gasteiger partial charge in [-0.1, -0.05) is 54.1 Å². The Bertz CT molecular complexity index is 1380. The van der Waals surface area contributed by atoms with Crippen LogP contribution in [0, 0.1) is 5.92 Å². The molecule has 2 fully saturated rings. The molecule has 1 aliphatic carbocycles. The van der Waals surface area contributed by atoms with E-state index < -0.39 is 39.6 Å². The predicted molar refractivity (Wildman–Crippen MR) is 131 cm³/mol. The number of carbonyl (C=O) groups is 2. The van der Waals surface area contributed by atoms with Crippen molar-refractivity contribution in [3.05, 3.63) is 77.3 Å². The second-order valence-electron chi connectivity index (χ2n) is 8.61. The van der Waals surface area contributed by atoms with Crippen molar-refractivity contribution in [1.29, 1.82) is 0 Å². The van der Waals surface area contributed by atoms with Crippen LogP contribution in [-0.4, -0.2) is 48.7 Å². The monoisotopic (exact) mass is 532 g/mol. The lowest BCUT2D eigenvalue weighted by Gasteiger charge is -2.17. The molecule has 3 aromatic rings. The summed E-state index contributed by atoms with van der Waals surface area (Å²) in [4.78, 5) is 26.8. The minimum Gasteiger partial charge on any atom is -0.480 e. The largest absolute Gasteiger partial charge is 0.480 e. The van der Waals surface area contributed by atoms with E-state index in [2.05, 4.69) is 4.72 Å². The quantitative estimate of drug-likeness (QED) is 0.449. The molecular weight excluding hydrogens is 512 g/mol. The van der Waals surface area contributed by atoms with Crippen molar-refractivity contribution in [2.24, 2.45) is 5.92 Å². The molecule has 5 rings (SSSR count). The first kappa shape index (κ1) is 23.8. The fourth-order valence-electron chi connectivity index (χ4n) is 4.34. The van der Waals surface area contributed by atoms with E-state index in [1.54, 1.807) is 30.3 Å². The summed E-state index contributed by atoms with van der Waals surface area (Å²) < 4.78 is 34.1. The van der Waals surface area contributed by atoms with E-state index in [0.29, 0.717) is 16.4 Å².